The Bertz CT molecular complexity index is 806. The van der Waals surface area contributed by atoms with Gasteiger partial charge in [-0.3, -0.25) is 4.79 Å². The second-order valence-electron chi connectivity index (χ2n) is 4.76. The molecule has 1 aromatic heterocycles. The van der Waals surface area contributed by atoms with E-state index in [-0.39, 0.29) is 5.91 Å². The van der Waals surface area contributed by atoms with Crippen LogP contribution in [0.4, 0.5) is 17.3 Å². The van der Waals surface area contributed by atoms with Crippen LogP contribution >= 0.6 is 11.6 Å². The molecule has 0 aliphatic heterocycles. The van der Waals surface area contributed by atoms with Crippen LogP contribution < -0.4 is 10.6 Å². The number of anilines is 3. The van der Waals surface area contributed by atoms with E-state index in [2.05, 4.69) is 20.8 Å². The van der Waals surface area contributed by atoms with E-state index in [1.807, 2.05) is 30.3 Å². The lowest BCUT2D eigenvalue weighted by Gasteiger charge is -2.07. The van der Waals surface area contributed by atoms with Crippen LogP contribution in [0.3, 0.4) is 0 Å². The Morgan fingerprint density at radius 1 is 0.870 bits per heavy atom. The van der Waals surface area contributed by atoms with Crippen molar-refractivity contribution in [3.05, 3.63) is 77.3 Å². The highest BCUT2D eigenvalue weighted by Crippen LogP contribution is 2.15. The van der Waals surface area contributed by atoms with Crippen LogP contribution in [0.5, 0.6) is 0 Å². The van der Waals surface area contributed by atoms with Crippen LogP contribution in [0.25, 0.3) is 0 Å². The Hall–Kier alpha value is -2.92. The van der Waals surface area contributed by atoms with E-state index in [9.17, 15) is 4.79 Å². The summed E-state index contributed by atoms with van der Waals surface area (Å²) in [6, 6.07) is 19.8. The van der Waals surface area contributed by atoms with Gasteiger partial charge in [0.2, 0.25) is 0 Å². The van der Waals surface area contributed by atoms with Crippen molar-refractivity contribution in [3.63, 3.8) is 0 Å². The summed E-state index contributed by atoms with van der Waals surface area (Å²) in [6.07, 6.45) is 0. The van der Waals surface area contributed by atoms with Gasteiger partial charge in [0.05, 0.1) is 0 Å². The first-order chi connectivity index (χ1) is 11.2. The van der Waals surface area contributed by atoms with Crippen LogP contribution in [-0.2, 0) is 0 Å². The highest BCUT2D eigenvalue weighted by atomic mass is 35.5. The number of rotatable bonds is 4. The molecule has 0 bridgehead atoms. The first-order valence-electron chi connectivity index (χ1n) is 6.93. The molecule has 23 heavy (non-hydrogen) atoms. The molecule has 0 aliphatic carbocycles. The molecule has 0 aliphatic rings. The van der Waals surface area contributed by atoms with E-state index >= 15 is 0 Å². The molecule has 5 nitrogen and oxygen atoms in total. The lowest BCUT2D eigenvalue weighted by atomic mass is 10.2. The van der Waals surface area contributed by atoms with Crippen LogP contribution in [-0.4, -0.2) is 16.1 Å². The molecule has 114 valence electrons. The SMILES string of the molecule is O=C(Nc1ccc(Nc2ccccc2)nn1)c1cccc(Cl)c1. The quantitative estimate of drug-likeness (QED) is 0.757. The zero-order valence-electron chi connectivity index (χ0n) is 12.0. The summed E-state index contributed by atoms with van der Waals surface area (Å²) in [5, 5.41) is 14.3. The number of carbonyl (C=O) groups is 1. The summed E-state index contributed by atoms with van der Waals surface area (Å²) in [6.45, 7) is 0. The third-order valence-corrected chi connectivity index (χ3v) is 3.27. The van der Waals surface area contributed by atoms with E-state index in [4.69, 9.17) is 11.6 Å². The highest BCUT2D eigenvalue weighted by molar-refractivity contribution is 6.31. The third-order valence-electron chi connectivity index (χ3n) is 3.04. The minimum Gasteiger partial charge on any atom is -0.339 e. The number of carbonyl (C=O) groups excluding carboxylic acids is 1. The molecule has 0 saturated carbocycles. The number of halogens is 1. The Labute approximate surface area is 138 Å². The number of hydrogen-bond donors (Lipinski definition) is 2. The zero-order chi connectivity index (χ0) is 16.1. The van der Waals surface area contributed by atoms with E-state index in [1.54, 1.807) is 36.4 Å². The topological polar surface area (TPSA) is 66.9 Å². The smallest absolute Gasteiger partial charge is 0.256 e. The maximum atomic E-state index is 12.1. The monoisotopic (exact) mass is 324 g/mol. The number of para-hydroxylation sites is 1. The van der Waals surface area contributed by atoms with Crippen molar-refractivity contribution in [1.82, 2.24) is 10.2 Å². The fraction of sp³-hybridized carbons (Fsp3) is 0. The first kappa shape index (κ1) is 15.0. The van der Waals surface area contributed by atoms with E-state index < -0.39 is 0 Å². The lowest BCUT2D eigenvalue weighted by Crippen LogP contribution is -2.13. The number of aromatic nitrogens is 2. The maximum Gasteiger partial charge on any atom is 0.256 e. The summed E-state index contributed by atoms with van der Waals surface area (Å²) in [4.78, 5) is 12.1. The van der Waals surface area contributed by atoms with Crippen molar-refractivity contribution >= 4 is 34.8 Å². The Morgan fingerprint density at radius 2 is 1.61 bits per heavy atom. The standard InChI is InChI=1S/C17H13ClN4O/c18-13-6-4-5-12(11-13)17(23)20-16-10-9-15(21-22-16)19-14-7-2-1-3-8-14/h1-11H,(H,19,21)(H,20,22,23). The molecule has 2 N–H and O–H groups in total. The van der Waals surface area contributed by atoms with Gasteiger partial charge in [0, 0.05) is 16.3 Å². The number of hydrogen-bond acceptors (Lipinski definition) is 4. The number of amides is 1. The van der Waals surface area contributed by atoms with Gasteiger partial charge < -0.3 is 10.6 Å². The second-order valence-corrected chi connectivity index (χ2v) is 5.20. The number of benzene rings is 2. The molecule has 0 atom stereocenters. The van der Waals surface area contributed by atoms with Crippen molar-refractivity contribution < 1.29 is 4.79 Å². The Kier molecular flexibility index (Phi) is 4.49. The fourth-order valence-corrected chi connectivity index (χ4v) is 2.14. The molecule has 3 aromatic rings. The maximum absolute atomic E-state index is 12.1. The average molecular weight is 325 g/mol. The van der Waals surface area contributed by atoms with Gasteiger partial charge in [0.1, 0.15) is 0 Å². The molecule has 0 radical (unpaired) electrons. The van der Waals surface area contributed by atoms with Gasteiger partial charge in [-0.1, -0.05) is 35.9 Å². The van der Waals surface area contributed by atoms with Gasteiger partial charge >= 0.3 is 0 Å². The lowest BCUT2D eigenvalue weighted by molar-refractivity contribution is 0.102. The Morgan fingerprint density at radius 3 is 2.30 bits per heavy atom. The van der Waals surface area contributed by atoms with Crippen molar-refractivity contribution in [2.45, 2.75) is 0 Å². The largest absolute Gasteiger partial charge is 0.339 e. The molecule has 0 spiro atoms. The molecule has 0 unspecified atom stereocenters. The van der Waals surface area contributed by atoms with Crippen molar-refractivity contribution in [1.29, 1.82) is 0 Å². The van der Waals surface area contributed by atoms with Gasteiger partial charge in [-0.25, -0.2) is 0 Å². The van der Waals surface area contributed by atoms with Gasteiger partial charge in [0.15, 0.2) is 11.6 Å². The molecule has 1 amide bonds. The Balaban J connectivity index is 1.67. The van der Waals surface area contributed by atoms with E-state index in [0.29, 0.717) is 22.2 Å². The summed E-state index contributed by atoms with van der Waals surface area (Å²) in [7, 11) is 0. The molecule has 2 aromatic carbocycles. The zero-order valence-corrected chi connectivity index (χ0v) is 12.8. The van der Waals surface area contributed by atoms with Crippen LogP contribution in [0.2, 0.25) is 5.02 Å². The predicted octanol–water partition coefficient (Wildman–Crippen LogP) is 4.13. The van der Waals surface area contributed by atoms with E-state index in [0.717, 1.165) is 5.69 Å². The molecule has 0 saturated heterocycles. The molecular formula is C17H13ClN4O. The van der Waals surface area contributed by atoms with Gasteiger partial charge in [-0.15, -0.1) is 10.2 Å². The summed E-state index contributed by atoms with van der Waals surface area (Å²) in [5.74, 6) is 0.677. The summed E-state index contributed by atoms with van der Waals surface area (Å²) >= 11 is 5.87. The summed E-state index contributed by atoms with van der Waals surface area (Å²) < 4.78 is 0. The van der Waals surface area contributed by atoms with Crippen molar-refractivity contribution in [2.24, 2.45) is 0 Å². The minimum absolute atomic E-state index is 0.287. The van der Waals surface area contributed by atoms with Gasteiger partial charge in [-0.05, 0) is 42.5 Å². The molecule has 6 heteroatoms. The number of nitrogens with one attached hydrogen (secondary N) is 2. The van der Waals surface area contributed by atoms with Crippen molar-refractivity contribution in [3.8, 4) is 0 Å². The minimum atomic E-state index is -0.287. The second kappa shape index (κ2) is 6.89. The van der Waals surface area contributed by atoms with Crippen LogP contribution in [0.15, 0.2) is 66.7 Å². The van der Waals surface area contributed by atoms with Gasteiger partial charge in [-0.2, -0.15) is 0 Å². The normalized spacial score (nSPS) is 10.1. The van der Waals surface area contributed by atoms with Gasteiger partial charge in [0.25, 0.3) is 5.91 Å². The third kappa shape index (κ3) is 4.05. The summed E-state index contributed by atoms with van der Waals surface area (Å²) in [5.41, 5.74) is 1.38. The first-order valence-corrected chi connectivity index (χ1v) is 7.31. The van der Waals surface area contributed by atoms with E-state index in [1.165, 1.54) is 0 Å². The number of nitrogens with zero attached hydrogens (tertiary/aromatic N) is 2. The van der Waals surface area contributed by atoms with Crippen molar-refractivity contribution in [2.75, 3.05) is 10.6 Å². The molecule has 3 rings (SSSR count). The fourth-order valence-electron chi connectivity index (χ4n) is 1.95. The van der Waals surface area contributed by atoms with Crippen LogP contribution in [0.1, 0.15) is 10.4 Å². The molecular weight excluding hydrogens is 312 g/mol. The highest BCUT2D eigenvalue weighted by Gasteiger charge is 2.07. The molecule has 0 fully saturated rings. The molecule has 1 heterocycles. The van der Waals surface area contributed by atoms with Crippen LogP contribution in [0, 0.1) is 0 Å². The predicted molar refractivity (Wildman–Crippen MR) is 91.2 cm³/mol. The average Bonchev–Trinajstić information content (AvgIpc) is 2.57.